The van der Waals surface area contributed by atoms with Crippen molar-refractivity contribution in [3.8, 4) is 17.2 Å². The molecule has 0 amide bonds. The molecule has 0 heterocycles. The van der Waals surface area contributed by atoms with E-state index in [4.69, 9.17) is 30.9 Å². The van der Waals surface area contributed by atoms with Crippen LogP contribution >= 0.6 is 11.6 Å². The van der Waals surface area contributed by atoms with Gasteiger partial charge >= 0.3 is 5.97 Å². The minimum absolute atomic E-state index is 0.267. The number of carboxylic acids is 1. The highest BCUT2D eigenvalue weighted by Gasteiger charge is 2.10. The first-order chi connectivity index (χ1) is 12.4. The van der Waals surface area contributed by atoms with Gasteiger partial charge in [0.2, 0.25) is 0 Å². The minimum Gasteiger partial charge on any atom is -0.493 e. The Morgan fingerprint density at radius 2 is 1.92 bits per heavy atom. The molecule has 0 radical (unpaired) electrons. The molecule has 0 aliphatic heterocycles. The largest absolute Gasteiger partial charge is 0.493 e. The molecule has 0 saturated heterocycles. The van der Waals surface area contributed by atoms with Crippen molar-refractivity contribution in [2.45, 2.75) is 0 Å². The number of benzene rings is 2. The predicted molar refractivity (Wildman–Crippen MR) is 97.5 cm³/mol. The topological polar surface area (TPSA) is 82.1 Å². The van der Waals surface area contributed by atoms with Crippen molar-refractivity contribution in [2.75, 3.05) is 20.8 Å². The zero-order valence-corrected chi connectivity index (χ0v) is 14.9. The highest BCUT2D eigenvalue weighted by molar-refractivity contribution is 6.32. The van der Waals surface area contributed by atoms with Crippen molar-refractivity contribution >= 4 is 29.4 Å². The molecule has 136 valence electrons. The van der Waals surface area contributed by atoms with E-state index in [0.717, 1.165) is 0 Å². The van der Waals surface area contributed by atoms with Crippen LogP contribution in [0.5, 0.6) is 17.2 Å². The third-order valence-corrected chi connectivity index (χ3v) is 3.64. The van der Waals surface area contributed by atoms with E-state index in [9.17, 15) is 9.59 Å². The lowest BCUT2D eigenvalue weighted by atomic mass is 10.1. The Labute approximate surface area is 155 Å². The molecule has 7 heteroatoms. The summed E-state index contributed by atoms with van der Waals surface area (Å²) in [6, 6.07) is 9.64. The zero-order valence-electron chi connectivity index (χ0n) is 14.2. The van der Waals surface area contributed by atoms with Crippen molar-refractivity contribution in [1.82, 2.24) is 0 Å². The molecule has 2 aromatic rings. The molecule has 0 bridgehead atoms. The fourth-order valence-electron chi connectivity index (χ4n) is 2.19. The summed E-state index contributed by atoms with van der Waals surface area (Å²) in [5.74, 6) is -0.179. The van der Waals surface area contributed by atoms with Gasteiger partial charge in [0.1, 0.15) is 5.75 Å². The van der Waals surface area contributed by atoms with Gasteiger partial charge in [0, 0.05) is 5.56 Å². The molecule has 1 N–H and O–H groups in total. The Hall–Kier alpha value is -2.99. The maximum atomic E-state index is 12.3. The number of ether oxygens (including phenoxy) is 3. The Kier molecular flexibility index (Phi) is 6.63. The normalized spacial score (nSPS) is 10.6. The van der Waals surface area contributed by atoms with Crippen LogP contribution in [-0.4, -0.2) is 37.7 Å². The van der Waals surface area contributed by atoms with Gasteiger partial charge in [-0.15, -0.1) is 0 Å². The van der Waals surface area contributed by atoms with Crippen LogP contribution in [0.15, 0.2) is 42.5 Å². The number of halogens is 1. The van der Waals surface area contributed by atoms with Crippen molar-refractivity contribution < 1.29 is 28.9 Å². The Bertz CT molecular complexity index is 844. The van der Waals surface area contributed by atoms with E-state index in [-0.39, 0.29) is 5.78 Å². The van der Waals surface area contributed by atoms with E-state index in [1.807, 2.05) is 0 Å². The quantitative estimate of drug-likeness (QED) is 0.558. The third kappa shape index (κ3) is 5.00. The van der Waals surface area contributed by atoms with Crippen molar-refractivity contribution in [1.29, 1.82) is 0 Å². The average Bonchev–Trinajstić information content (AvgIpc) is 2.64. The molecule has 0 aliphatic rings. The Morgan fingerprint density at radius 1 is 1.15 bits per heavy atom. The summed E-state index contributed by atoms with van der Waals surface area (Å²) in [6.45, 7) is -0.475. The van der Waals surface area contributed by atoms with Gasteiger partial charge in [-0.25, -0.2) is 4.79 Å². The van der Waals surface area contributed by atoms with Gasteiger partial charge in [-0.1, -0.05) is 29.8 Å². The summed E-state index contributed by atoms with van der Waals surface area (Å²) in [6.07, 6.45) is 2.98. The smallest absolute Gasteiger partial charge is 0.341 e. The number of ketones is 1. The molecular formula is C19H17ClO6. The Morgan fingerprint density at radius 3 is 2.58 bits per heavy atom. The standard InChI is InChI=1S/C19H17ClO6/c1-24-17-9-12(8-15(20)19(17)25-2)6-7-16(21)13-4-3-5-14(10-13)26-11-18(22)23/h3-10H,11H2,1-2H3,(H,22,23)/b7-6+. The second-order valence-corrected chi connectivity index (χ2v) is 5.55. The van der Waals surface area contributed by atoms with Gasteiger partial charge in [-0.2, -0.15) is 0 Å². The van der Waals surface area contributed by atoms with Crippen LogP contribution < -0.4 is 14.2 Å². The van der Waals surface area contributed by atoms with Crippen LogP contribution in [0.2, 0.25) is 5.02 Å². The minimum atomic E-state index is -1.09. The number of hydrogen-bond acceptors (Lipinski definition) is 5. The summed E-state index contributed by atoms with van der Waals surface area (Å²) >= 11 is 6.14. The molecule has 2 aromatic carbocycles. The van der Waals surface area contributed by atoms with Gasteiger partial charge in [-0.05, 0) is 35.9 Å². The Balaban J connectivity index is 2.18. The van der Waals surface area contributed by atoms with Gasteiger partial charge in [0.25, 0.3) is 0 Å². The molecule has 0 spiro atoms. The SMILES string of the molecule is COc1cc(/C=C/C(=O)c2cccc(OCC(=O)O)c2)cc(Cl)c1OC. The van der Waals surface area contributed by atoms with Crippen molar-refractivity contribution in [2.24, 2.45) is 0 Å². The first-order valence-corrected chi connectivity index (χ1v) is 7.91. The van der Waals surface area contributed by atoms with Crippen LogP contribution in [0, 0.1) is 0 Å². The van der Waals surface area contributed by atoms with Crippen LogP contribution in [0.25, 0.3) is 6.08 Å². The van der Waals surface area contributed by atoms with Gasteiger partial charge in [0.05, 0.1) is 19.2 Å². The summed E-state index contributed by atoms with van der Waals surface area (Å²) in [5, 5.41) is 9.00. The van der Waals surface area contributed by atoms with Crippen LogP contribution in [0.1, 0.15) is 15.9 Å². The maximum Gasteiger partial charge on any atom is 0.341 e. The van der Waals surface area contributed by atoms with Crippen LogP contribution in [-0.2, 0) is 4.79 Å². The molecule has 0 saturated carbocycles. The first kappa shape index (κ1) is 19.3. The average molecular weight is 377 g/mol. The molecule has 0 unspecified atom stereocenters. The maximum absolute atomic E-state index is 12.3. The number of allylic oxidation sites excluding steroid dienone is 1. The van der Waals surface area contributed by atoms with Gasteiger partial charge < -0.3 is 19.3 Å². The predicted octanol–water partition coefficient (Wildman–Crippen LogP) is 3.72. The number of carbonyl (C=O) groups excluding carboxylic acids is 1. The number of methoxy groups -OCH3 is 2. The van der Waals surface area contributed by atoms with E-state index >= 15 is 0 Å². The number of carbonyl (C=O) groups is 2. The van der Waals surface area contributed by atoms with E-state index < -0.39 is 12.6 Å². The molecule has 0 aromatic heterocycles. The number of rotatable bonds is 8. The number of carboxylic acid groups (broad SMARTS) is 1. The third-order valence-electron chi connectivity index (χ3n) is 3.36. The number of hydrogen-bond donors (Lipinski definition) is 1. The van der Waals surface area contributed by atoms with E-state index in [0.29, 0.717) is 33.4 Å². The summed E-state index contributed by atoms with van der Waals surface area (Å²) < 4.78 is 15.5. The lowest BCUT2D eigenvalue weighted by Gasteiger charge is -2.10. The summed E-state index contributed by atoms with van der Waals surface area (Å²) in [5.41, 5.74) is 1.04. The molecule has 0 atom stereocenters. The zero-order chi connectivity index (χ0) is 19.1. The summed E-state index contributed by atoms with van der Waals surface area (Å²) in [7, 11) is 2.98. The second kappa shape index (κ2) is 8.92. The van der Waals surface area contributed by atoms with Crippen LogP contribution in [0.4, 0.5) is 0 Å². The molecule has 2 rings (SSSR count). The molecule has 6 nitrogen and oxygen atoms in total. The van der Waals surface area contributed by atoms with E-state index in [2.05, 4.69) is 0 Å². The van der Waals surface area contributed by atoms with E-state index in [1.165, 1.54) is 26.4 Å². The fraction of sp³-hybridized carbons (Fsp3) is 0.158. The van der Waals surface area contributed by atoms with Crippen molar-refractivity contribution in [3.05, 3.63) is 58.6 Å². The van der Waals surface area contributed by atoms with E-state index in [1.54, 1.807) is 36.4 Å². The molecule has 0 aliphatic carbocycles. The fourth-order valence-corrected chi connectivity index (χ4v) is 2.48. The lowest BCUT2D eigenvalue weighted by Crippen LogP contribution is -2.09. The molecule has 26 heavy (non-hydrogen) atoms. The molecule has 0 fully saturated rings. The summed E-state index contributed by atoms with van der Waals surface area (Å²) in [4.78, 5) is 22.9. The van der Waals surface area contributed by atoms with Crippen molar-refractivity contribution in [3.63, 3.8) is 0 Å². The highest BCUT2D eigenvalue weighted by Crippen LogP contribution is 2.36. The highest BCUT2D eigenvalue weighted by atomic mass is 35.5. The molecular weight excluding hydrogens is 360 g/mol. The lowest BCUT2D eigenvalue weighted by molar-refractivity contribution is -0.139. The first-order valence-electron chi connectivity index (χ1n) is 7.53. The number of aliphatic carboxylic acids is 1. The van der Waals surface area contributed by atoms with Crippen LogP contribution in [0.3, 0.4) is 0 Å². The second-order valence-electron chi connectivity index (χ2n) is 5.15. The van der Waals surface area contributed by atoms with Gasteiger partial charge in [0.15, 0.2) is 23.9 Å². The monoisotopic (exact) mass is 376 g/mol. The van der Waals surface area contributed by atoms with Gasteiger partial charge in [-0.3, -0.25) is 4.79 Å².